The van der Waals surface area contributed by atoms with E-state index in [0.29, 0.717) is 19.3 Å². The van der Waals surface area contributed by atoms with E-state index in [-0.39, 0.29) is 31.1 Å². The summed E-state index contributed by atoms with van der Waals surface area (Å²) in [6.45, 7) is 6.52. The van der Waals surface area contributed by atoms with Crippen molar-refractivity contribution in [3.8, 4) is 0 Å². The van der Waals surface area contributed by atoms with Gasteiger partial charge in [0, 0.05) is 19.3 Å². The van der Waals surface area contributed by atoms with Gasteiger partial charge in [0.25, 0.3) is 0 Å². The molecule has 0 aliphatic heterocycles. The van der Waals surface area contributed by atoms with E-state index in [1.54, 1.807) is 0 Å². The van der Waals surface area contributed by atoms with Gasteiger partial charge in [-0.1, -0.05) is 292 Å². The zero-order valence-corrected chi connectivity index (χ0v) is 50.3. The average Bonchev–Trinajstić information content (AvgIpc) is 3.42. The minimum atomic E-state index is -0.791. The zero-order chi connectivity index (χ0) is 55.0. The summed E-state index contributed by atoms with van der Waals surface area (Å²) in [5, 5.41) is 0. The van der Waals surface area contributed by atoms with Gasteiger partial charge >= 0.3 is 17.9 Å². The Hall–Kier alpha value is -3.41. The molecular weight excluding hydrogens is 937 g/mol. The second-order valence-electron chi connectivity index (χ2n) is 21.6. The van der Waals surface area contributed by atoms with Crippen LogP contribution in [-0.2, 0) is 28.6 Å². The number of esters is 3. The lowest BCUT2D eigenvalue weighted by molar-refractivity contribution is -0.167. The van der Waals surface area contributed by atoms with Gasteiger partial charge in [0.15, 0.2) is 6.10 Å². The standard InChI is InChI=1S/C70H122O6/c1-4-7-10-13-16-19-22-25-27-29-31-33-35-37-38-40-42-45-48-51-54-57-60-63-69(72)75-66-67(65-74-68(71)62-59-56-53-50-47-44-24-21-18-15-12-9-6-3)76-70(73)64-61-58-55-52-49-46-43-41-39-36-34-32-30-28-26-23-20-17-14-11-8-5-2/h7,10,16,19,21,24-25,27,31,33,37-38,42,45,67H,4-6,8-9,11-15,17-18,20,22-23,26,28-30,32,34-36,39-41,43-44,46-66H2,1-3H3/b10-7-,19-16-,24-21-,27-25-,33-31-,38-37-,45-42-. The van der Waals surface area contributed by atoms with Crippen molar-refractivity contribution in [2.45, 2.75) is 329 Å². The van der Waals surface area contributed by atoms with E-state index in [4.69, 9.17) is 14.2 Å². The summed E-state index contributed by atoms with van der Waals surface area (Å²) in [5.74, 6) is -0.906. The Kier molecular flexibility index (Phi) is 61.2. The maximum absolute atomic E-state index is 12.9. The van der Waals surface area contributed by atoms with Gasteiger partial charge in [-0.15, -0.1) is 0 Å². The molecule has 6 heteroatoms. The fourth-order valence-corrected chi connectivity index (χ4v) is 9.27. The highest BCUT2D eigenvalue weighted by molar-refractivity contribution is 5.71. The predicted octanol–water partition coefficient (Wildman–Crippen LogP) is 22.3. The molecule has 6 nitrogen and oxygen atoms in total. The molecule has 438 valence electrons. The van der Waals surface area contributed by atoms with E-state index in [0.717, 1.165) is 116 Å². The monoisotopic (exact) mass is 1060 g/mol. The van der Waals surface area contributed by atoms with Crippen LogP contribution in [0.2, 0.25) is 0 Å². The fraction of sp³-hybridized carbons (Fsp3) is 0.757. The molecule has 0 bridgehead atoms. The van der Waals surface area contributed by atoms with E-state index in [1.165, 1.54) is 167 Å². The molecule has 0 fully saturated rings. The lowest BCUT2D eigenvalue weighted by Crippen LogP contribution is -2.30. The maximum atomic E-state index is 12.9. The number of rotatable bonds is 59. The average molecular weight is 1060 g/mol. The number of hydrogen-bond acceptors (Lipinski definition) is 6. The molecule has 0 spiro atoms. The number of carbonyl (C=O) groups excluding carboxylic acids is 3. The van der Waals surface area contributed by atoms with Gasteiger partial charge in [-0.2, -0.15) is 0 Å². The molecule has 0 aliphatic rings. The lowest BCUT2D eigenvalue weighted by atomic mass is 10.0. The van der Waals surface area contributed by atoms with Crippen LogP contribution in [0.15, 0.2) is 85.1 Å². The molecule has 0 aromatic rings. The molecule has 0 aromatic heterocycles. The van der Waals surface area contributed by atoms with Gasteiger partial charge in [0.2, 0.25) is 0 Å². The fourth-order valence-electron chi connectivity index (χ4n) is 9.27. The molecule has 1 unspecified atom stereocenters. The van der Waals surface area contributed by atoms with E-state index < -0.39 is 6.10 Å². The molecule has 1 atom stereocenters. The second kappa shape index (κ2) is 64.1. The molecular formula is C70H122O6. The van der Waals surface area contributed by atoms with Crippen LogP contribution in [-0.4, -0.2) is 37.2 Å². The molecule has 0 rings (SSSR count). The van der Waals surface area contributed by atoms with Crippen LogP contribution >= 0.6 is 0 Å². The van der Waals surface area contributed by atoms with Crippen LogP contribution in [0, 0.1) is 0 Å². The Morgan fingerprint density at radius 2 is 0.513 bits per heavy atom. The molecule has 0 aliphatic carbocycles. The third-order valence-corrected chi connectivity index (χ3v) is 14.1. The highest BCUT2D eigenvalue weighted by Gasteiger charge is 2.19. The topological polar surface area (TPSA) is 78.9 Å². The highest BCUT2D eigenvalue weighted by atomic mass is 16.6. The number of unbranched alkanes of at least 4 members (excludes halogenated alkanes) is 34. The summed E-state index contributed by atoms with van der Waals surface area (Å²) in [6.07, 6.45) is 84.5. The number of hydrogen-bond donors (Lipinski definition) is 0. The van der Waals surface area contributed by atoms with Crippen LogP contribution in [0.5, 0.6) is 0 Å². The molecule has 76 heavy (non-hydrogen) atoms. The summed E-state index contributed by atoms with van der Waals surface area (Å²) in [7, 11) is 0. The molecule has 0 aromatic carbocycles. The summed E-state index contributed by atoms with van der Waals surface area (Å²) in [5.41, 5.74) is 0. The van der Waals surface area contributed by atoms with Gasteiger partial charge in [-0.25, -0.2) is 0 Å². The summed E-state index contributed by atoms with van der Waals surface area (Å²) < 4.78 is 16.9. The van der Waals surface area contributed by atoms with E-state index in [1.807, 2.05) is 0 Å². The summed E-state index contributed by atoms with van der Waals surface area (Å²) in [6, 6.07) is 0. The Bertz CT molecular complexity index is 1450. The van der Waals surface area contributed by atoms with Crippen molar-refractivity contribution >= 4 is 17.9 Å². The van der Waals surface area contributed by atoms with E-state index in [9.17, 15) is 14.4 Å². The number of carbonyl (C=O) groups is 3. The van der Waals surface area contributed by atoms with Gasteiger partial charge < -0.3 is 14.2 Å². The maximum Gasteiger partial charge on any atom is 0.306 e. The SMILES string of the molecule is CC/C=C\C/C=C\C/C=C\C/C=C\C/C=C\C/C=C\CCCCCCC(=O)OCC(COC(=O)CCCCCCC/C=C\CCCCCC)OC(=O)CCCCCCCCCCCCCCCCCCCCCCCC. The molecule has 0 radical (unpaired) electrons. The molecule has 0 heterocycles. The smallest absolute Gasteiger partial charge is 0.306 e. The van der Waals surface area contributed by atoms with Crippen molar-refractivity contribution in [3.63, 3.8) is 0 Å². The van der Waals surface area contributed by atoms with E-state index >= 15 is 0 Å². The van der Waals surface area contributed by atoms with Gasteiger partial charge in [0.05, 0.1) is 0 Å². The van der Waals surface area contributed by atoms with Crippen LogP contribution < -0.4 is 0 Å². The lowest BCUT2D eigenvalue weighted by Gasteiger charge is -2.18. The Labute approximate surface area is 471 Å². The second-order valence-corrected chi connectivity index (χ2v) is 21.6. The third-order valence-electron chi connectivity index (χ3n) is 14.1. The van der Waals surface area contributed by atoms with Crippen molar-refractivity contribution in [1.82, 2.24) is 0 Å². The van der Waals surface area contributed by atoms with Crippen LogP contribution in [0.3, 0.4) is 0 Å². The molecule has 0 saturated heterocycles. The largest absolute Gasteiger partial charge is 0.462 e. The van der Waals surface area contributed by atoms with Gasteiger partial charge in [-0.3, -0.25) is 14.4 Å². The van der Waals surface area contributed by atoms with Crippen LogP contribution in [0.4, 0.5) is 0 Å². The van der Waals surface area contributed by atoms with Crippen molar-refractivity contribution in [2.75, 3.05) is 13.2 Å². The first-order valence-corrected chi connectivity index (χ1v) is 32.6. The van der Waals surface area contributed by atoms with Crippen LogP contribution in [0.25, 0.3) is 0 Å². The summed E-state index contributed by atoms with van der Waals surface area (Å²) >= 11 is 0. The third kappa shape index (κ3) is 61.4. The summed E-state index contributed by atoms with van der Waals surface area (Å²) in [4.78, 5) is 38.3. The normalized spacial score (nSPS) is 12.6. The van der Waals surface area contributed by atoms with Crippen molar-refractivity contribution in [2.24, 2.45) is 0 Å². The Morgan fingerprint density at radius 1 is 0.276 bits per heavy atom. The molecule has 0 saturated carbocycles. The number of allylic oxidation sites excluding steroid dienone is 14. The van der Waals surface area contributed by atoms with Crippen molar-refractivity contribution in [3.05, 3.63) is 85.1 Å². The minimum absolute atomic E-state index is 0.0867. The Morgan fingerprint density at radius 3 is 0.829 bits per heavy atom. The van der Waals surface area contributed by atoms with E-state index in [2.05, 4.69) is 106 Å². The first kappa shape index (κ1) is 72.6. The highest BCUT2D eigenvalue weighted by Crippen LogP contribution is 2.17. The predicted molar refractivity (Wildman–Crippen MR) is 330 cm³/mol. The minimum Gasteiger partial charge on any atom is -0.462 e. The Balaban J connectivity index is 4.36. The van der Waals surface area contributed by atoms with Crippen molar-refractivity contribution in [1.29, 1.82) is 0 Å². The number of ether oxygens (including phenoxy) is 3. The molecule has 0 N–H and O–H groups in total. The van der Waals surface area contributed by atoms with Gasteiger partial charge in [-0.05, 0) is 96.3 Å². The van der Waals surface area contributed by atoms with Crippen molar-refractivity contribution < 1.29 is 28.6 Å². The molecule has 0 amide bonds. The quantitative estimate of drug-likeness (QED) is 0.0261. The van der Waals surface area contributed by atoms with Gasteiger partial charge in [0.1, 0.15) is 13.2 Å². The van der Waals surface area contributed by atoms with Crippen LogP contribution in [0.1, 0.15) is 323 Å². The first-order chi connectivity index (χ1) is 37.5. The first-order valence-electron chi connectivity index (χ1n) is 32.6. The zero-order valence-electron chi connectivity index (χ0n) is 50.3.